The third kappa shape index (κ3) is 3.46. The monoisotopic (exact) mass is 100 g/mol. The molecule has 0 N–H and O–H groups in total. The normalized spacial score (nSPS) is 8.86. The van der Waals surface area contributed by atoms with E-state index in [2.05, 4.69) is 11.8 Å². The Morgan fingerprint density at radius 3 is 2.57 bits per heavy atom. The summed E-state index contributed by atoms with van der Waals surface area (Å²) in [6.45, 7) is 1.80. The maximum Gasteiger partial charge on any atom is 0.158 e. The summed E-state index contributed by atoms with van der Waals surface area (Å²) in [6, 6.07) is 0. The quantitative estimate of drug-likeness (QED) is 0.520. The lowest BCUT2D eigenvalue weighted by molar-refractivity contribution is -0.121. The van der Waals surface area contributed by atoms with Crippen molar-refractivity contribution in [3.8, 4) is 0 Å². The van der Waals surface area contributed by atoms with Gasteiger partial charge in [0.15, 0.2) is 5.78 Å². The third-order valence-corrected chi connectivity index (χ3v) is 0.639. The number of ether oxygens (including phenoxy) is 1. The third-order valence-electron chi connectivity index (χ3n) is 0.639. The van der Waals surface area contributed by atoms with Crippen LogP contribution in [-0.2, 0) is 9.53 Å². The van der Waals surface area contributed by atoms with Crippen LogP contribution in [0.4, 0.5) is 0 Å². The Morgan fingerprint density at radius 2 is 2.43 bits per heavy atom. The van der Waals surface area contributed by atoms with Crippen molar-refractivity contribution < 1.29 is 9.53 Å². The minimum atomic E-state index is 0.0301. The molecule has 0 rings (SSSR count). The lowest BCUT2D eigenvalue weighted by Gasteiger charge is -1.89. The molecular weight excluding hydrogens is 92.1 g/mol. The molecule has 0 amide bonds. The Morgan fingerprint density at radius 1 is 1.86 bits per heavy atom. The second kappa shape index (κ2) is 3.81. The Labute approximate surface area is 43.5 Å². The molecule has 0 aromatic rings. The van der Waals surface area contributed by atoms with Crippen LogP contribution in [0.15, 0.2) is 0 Å². The molecule has 0 aliphatic heterocycles. The summed E-state index contributed by atoms with van der Waals surface area (Å²) in [5.41, 5.74) is 0. The van der Waals surface area contributed by atoms with E-state index >= 15 is 0 Å². The molecule has 0 atom stereocenters. The first kappa shape index (κ1) is 6.63. The Balaban J connectivity index is 3.00. The highest BCUT2D eigenvalue weighted by Crippen LogP contribution is 1.79. The number of Topliss-reactive ketones (excluding diaryl/α,β-unsaturated/α-hetero) is 1. The summed E-state index contributed by atoms with van der Waals surface area (Å²) in [4.78, 5) is 10.2. The van der Waals surface area contributed by atoms with Gasteiger partial charge >= 0.3 is 0 Å². The molecule has 7 heavy (non-hydrogen) atoms. The molecule has 0 saturated heterocycles. The van der Waals surface area contributed by atoms with Crippen LogP contribution in [0.1, 0.15) is 13.3 Å². The van der Waals surface area contributed by atoms with Crippen molar-refractivity contribution in [1.29, 1.82) is 0 Å². The zero-order valence-electron chi connectivity index (χ0n) is 4.31. The Hall–Kier alpha value is -0.370. The first-order chi connectivity index (χ1) is 3.31. The van der Waals surface area contributed by atoms with Crippen molar-refractivity contribution in [3.63, 3.8) is 0 Å². The molecule has 40 valence electrons. The van der Waals surface area contributed by atoms with E-state index in [1.807, 2.05) is 0 Å². The second-order valence-corrected chi connectivity index (χ2v) is 1.20. The zero-order chi connectivity index (χ0) is 5.70. The average molecular weight is 100 g/mol. The molecule has 2 radical (unpaired) electrons. The van der Waals surface area contributed by atoms with Crippen molar-refractivity contribution in [2.24, 2.45) is 0 Å². The highest BCUT2D eigenvalue weighted by molar-refractivity contribution is 5.79. The molecule has 0 aromatic heterocycles. The summed E-state index contributed by atoms with van der Waals surface area (Å²) in [5.74, 6) is 0.0301. The molecule has 0 aromatic carbocycles. The maximum atomic E-state index is 10.2. The van der Waals surface area contributed by atoms with E-state index < -0.39 is 0 Å². The predicted molar refractivity (Wildman–Crippen MR) is 25.5 cm³/mol. The highest BCUT2D eigenvalue weighted by atomic mass is 16.5. The highest BCUT2D eigenvalue weighted by Gasteiger charge is 1.92. The van der Waals surface area contributed by atoms with Crippen LogP contribution < -0.4 is 0 Å². The van der Waals surface area contributed by atoms with Crippen LogP contribution in [0.5, 0.6) is 0 Å². The van der Waals surface area contributed by atoms with Crippen molar-refractivity contribution in [2.45, 2.75) is 13.3 Å². The van der Waals surface area contributed by atoms with Gasteiger partial charge in [0, 0.05) is 6.42 Å². The molecule has 0 aliphatic carbocycles. The molecular formula is C5H8O2. The summed E-state index contributed by atoms with van der Waals surface area (Å²) in [5, 5.41) is 0. The molecule has 0 unspecified atom stereocenters. The summed E-state index contributed by atoms with van der Waals surface area (Å²) >= 11 is 0. The van der Waals surface area contributed by atoms with E-state index in [1.165, 1.54) is 0 Å². The van der Waals surface area contributed by atoms with Gasteiger partial charge in [-0.15, -0.1) is 0 Å². The Bertz CT molecular complexity index is 59.1. The van der Waals surface area contributed by atoms with Gasteiger partial charge in [-0.1, -0.05) is 6.92 Å². The lowest BCUT2D eigenvalue weighted by Crippen LogP contribution is -2.02. The molecule has 2 nitrogen and oxygen atoms in total. The van der Waals surface area contributed by atoms with Gasteiger partial charge in [-0.05, 0) is 0 Å². The van der Waals surface area contributed by atoms with Gasteiger partial charge in [-0.3, -0.25) is 4.79 Å². The van der Waals surface area contributed by atoms with Crippen LogP contribution in [0, 0.1) is 7.11 Å². The van der Waals surface area contributed by atoms with Gasteiger partial charge in [0.05, 0.1) is 0 Å². The van der Waals surface area contributed by atoms with Crippen molar-refractivity contribution in [2.75, 3.05) is 6.61 Å². The number of carbonyl (C=O) groups is 1. The van der Waals surface area contributed by atoms with E-state index in [4.69, 9.17) is 0 Å². The smallest absolute Gasteiger partial charge is 0.158 e. The van der Waals surface area contributed by atoms with E-state index in [-0.39, 0.29) is 12.4 Å². The summed E-state index contributed by atoms with van der Waals surface area (Å²) in [7, 11) is 4.58. The predicted octanol–water partition coefficient (Wildman–Crippen LogP) is 0.651. The first-order valence-electron chi connectivity index (χ1n) is 2.14. The SMILES string of the molecule is [CH]OCC(=O)CC. The largest absolute Gasteiger partial charge is 0.365 e. The molecule has 0 fully saturated rings. The molecule has 0 bridgehead atoms. The topological polar surface area (TPSA) is 26.3 Å². The van der Waals surface area contributed by atoms with E-state index in [0.717, 1.165) is 0 Å². The van der Waals surface area contributed by atoms with Crippen molar-refractivity contribution in [3.05, 3.63) is 7.11 Å². The summed E-state index contributed by atoms with van der Waals surface area (Å²) < 4.78 is 4.04. The molecule has 2 heteroatoms. The van der Waals surface area contributed by atoms with Gasteiger partial charge in [-0.2, -0.15) is 0 Å². The average Bonchev–Trinajstić information content (AvgIpc) is 1.68. The minimum absolute atomic E-state index is 0.0301. The molecule has 0 aliphatic rings. The number of carbonyl (C=O) groups excluding carboxylic acids is 1. The standard InChI is InChI=1S/C5H8O2/c1-3-5(6)4-7-2/h2H,3-4H2,1H3. The van der Waals surface area contributed by atoms with Crippen molar-refractivity contribution in [1.82, 2.24) is 0 Å². The van der Waals surface area contributed by atoms with Crippen LogP contribution in [0.25, 0.3) is 0 Å². The van der Waals surface area contributed by atoms with Gasteiger partial charge in [-0.25, -0.2) is 0 Å². The molecule has 0 saturated carbocycles. The van der Waals surface area contributed by atoms with Crippen LogP contribution in [0.2, 0.25) is 0 Å². The van der Waals surface area contributed by atoms with Gasteiger partial charge in [0.2, 0.25) is 0 Å². The maximum absolute atomic E-state index is 10.2. The van der Waals surface area contributed by atoms with E-state index in [9.17, 15) is 4.79 Å². The first-order valence-corrected chi connectivity index (χ1v) is 2.14. The number of ketones is 1. The lowest BCUT2D eigenvalue weighted by atomic mass is 10.3. The molecule has 0 heterocycles. The summed E-state index contributed by atoms with van der Waals surface area (Å²) in [6.07, 6.45) is 0.497. The van der Waals surface area contributed by atoms with Gasteiger partial charge in [0.25, 0.3) is 0 Å². The second-order valence-electron chi connectivity index (χ2n) is 1.20. The fourth-order valence-electron chi connectivity index (χ4n) is 0.195. The van der Waals surface area contributed by atoms with Gasteiger partial charge < -0.3 is 4.74 Å². The van der Waals surface area contributed by atoms with E-state index in [0.29, 0.717) is 6.42 Å². The van der Waals surface area contributed by atoms with Crippen LogP contribution in [0.3, 0.4) is 0 Å². The number of rotatable bonds is 3. The van der Waals surface area contributed by atoms with E-state index in [1.54, 1.807) is 6.92 Å². The fraction of sp³-hybridized carbons (Fsp3) is 0.600. The zero-order valence-corrected chi connectivity index (χ0v) is 4.31. The van der Waals surface area contributed by atoms with Crippen molar-refractivity contribution >= 4 is 5.78 Å². The van der Waals surface area contributed by atoms with Crippen LogP contribution >= 0.6 is 0 Å². The van der Waals surface area contributed by atoms with Crippen LogP contribution in [-0.4, -0.2) is 12.4 Å². The van der Waals surface area contributed by atoms with Gasteiger partial charge in [0.1, 0.15) is 13.7 Å². The Kier molecular flexibility index (Phi) is 3.61. The number of hydrogen-bond donors (Lipinski definition) is 0. The number of hydrogen-bond acceptors (Lipinski definition) is 2. The molecule has 0 spiro atoms. The minimum Gasteiger partial charge on any atom is -0.365 e. The fourth-order valence-corrected chi connectivity index (χ4v) is 0.195.